The van der Waals surface area contributed by atoms with E-state index in [9.17, 15) is 0 Å². The molecule has 1 aromatic carbocycles. The van der Waals surface area contributed by atoms with Crippen molar-refractivity contribution in [3.63, 3.8) is 0 Å². The summed E-state index contributed by atoms with van der Waals surface area (Å²) in [4.78, 5) is 4.12. The van der Waals surface area contributed by atoms with Gasteiger partial charge in [0.2, 0.25) is 0 Å². The lowest BCUT2D eigenvalue weighted by Gasteiger charge is -2.23. The van der Waals surface area contributed by atoms with E-state index in [2.05, 4.69) is 17.1 Å². The molecule has 1 aliphatic rings. The predicted molar refractivity (Wildman–Crippen MR) is 70.5 cm³/mol. The molecule has 1 aromatic heterocycles. The van der Waals surface area contributed by atoms with Gasteiger partial charge in [-0.2, -0.15) is 0 Å². The summed E-state index contributed by atoms with van der Waals surface area (Å²) >= 11 is 0. The molecular formula is C15H16N2O. The highest BCUT2D eigenvalue weighted by atomic mass is 16.5. The summed E-state index contributed by atoms with van der Waals surface area (Å²) in [6.45, 7) is 0.782. The lowest BCUT2D eigenvalue weighted by atomic mass is 9.95. The van der Waals surface area contributed by atoms with Gasteiger partial charge in [0.25, 0.3) is 0 Å². The fraction of sp³-hybridized carbons (Fsp3) is 0.267. The Hall–Kier alpha value is -1.87. The normalized spacial score (nSPS) is 15.6. The van der Waals surface area contributed by atoms with Crippen LogP contribution in [0, 0.1) is 0 Å². The van der Waals surface area contributed by atoms with E-state index in [0.29, 0.717) is 0 Å². The van der Waals surface area contributed by atoms with Gasteiger partial charge in [0.1, 0.15) is 5.75 Å². The second-order valence-corrected chi connectivity index (χ2v) is 4.55. The van der Waals surface area contributed by atoms with E-state index < -0.39 is 0 Å². The number of hydrogen-bond donors (Lipinski definition) is 1. The minimum atomic E-state index is -0.174. The fourth-order valence-corrected chi connectivity index (χ4v) is 2.40. The number of rotatable bonds is 2. The van der Waals surface area contributed by atoms with E-state index in [0.717, 1.165) is 36.3 Å². The van der Waals surface area contributed by atoms with Gasteiger partial charge in [-0.05, 0) is 30.0 Å². The maximum absolute atomic E-state index is 6.32. The second-order valence-electron chi connectivity index (χ2n) is 4.55. The van der Waals surface area contributed by atoms with Crippen molar-refractivity contribution >= 4 is 0 Å². The molecule has 0 saturated heterocycles. The van der Waals surface area contributed by atoms with Crippen LogP contribution in [0.15, 0.2) is 42.7 Å². The number of nitrogens with two attached hydrogens (primary N) is 1. The number of pyridine rings is 1. The molecule has 1 unspecified atom stereocenters. The molecule has 3 rings (SSSR count). The number of nitrogens with zero attached hydrogens (tertiary/aromatic N) is 1. The highest BCUT2D eigenvalue weighted by Crippen LogP contribution is 2.34. The molecule has 2 aromatic rings. The van der Waals surface area contributed by atoms with Crippen molar-refractivity contribution in [3.8, 4) is 5.75 Å². The highest BCUT2D eigenvalue weighted by molar-refractivity contribution is 5.47. The summed E-state index contributed by atoms with van der Waals surface area (Å²) in [5, 5.41) is 0. The Kier molecular flexibility index (Phi) is 2.99. The van der Waals surface area contributed by atoms with Crippen molar-refractivity contribution in [2.24, 2.45) is 5.73 Å². The summed E-state index contributed by atoms with van der Waals surface area (Å²) in [5.41, 5.74) is 9.65. The van der Waals surface area contributed by atoms with Crippen molar-refractivity contribution < 1.29 is 4.74 Å². The summed E-state index contributed by atoms with van der Waals surface area (Å²) in [5.74, 6) is 0.972. The van der Waals surface area contributed by atoms with E-state index >= 15 is 0 Å². The van der Waals surface area contributed by atoms with Gasteiger partial charge in [-0.15, -0.1) is 0 Å². The lowest BCUT2D eigenvalue weighted by molar-refractivity contribution is 0.284. The van der Waals surface area contributed by atoms with Crippen LogP contribution in [0.2, 0.25) is 0 Å². The van der Waals surface area contributed by atoms with Crippen LogP contribution >= 0.6 is 0 Å². The maximum atomic E-state index is 6.32. The number of para-hydroxylation sites is 1. The summed E-state index contributed by atoms with van der Waals surface area (Å²) in [6.07, 6.45) is 5.72. The molecule has 1 atom stereocenters. The molecule has 3 nitrogen and oxygen atoms in total. The molecule has 2 heterocycles. The predicted octanol–water partition coefficient (Wildman–Crippen LogP) is 2.45. The zero-order valence-corrected chi connectivity index (χ0v) is 10.2. The van der Waals surface area contributed by atoms with Gasteiger partial charge < -0.3 is 10.5 Å². The van der Waals surface area contributed by atoms with Crippen molar-refractivity contribution in [3.05, 3.63) is 59.4 Å². The standard InChI is InChI=1S/C15H16N2O/c16-14(12-5-2-8-17-10-12)13-7-1-4-11-6-3-9-18-15(11)13/h1-2,4-5,7-8,10,14H,3,6,9,16H2. The second kappa shape index (κ2) is 4.78. The zero-order valence-electron chi connectivity index (χ0n) is 10.2. The number of aromatic nitrogens is 1. The first-order valence-corrected chi connectivity index (χ1v) is 6.26. The number of hydrogen-bond acceptors (Lipinski definition) is 3. The smallest absolute Gasteiger partial charge is 0.127 e. The molecule has 3 heteroatoms. The molecule has 0 bridgehead atoms. The minimum absolute atomic E-state index is 0.174. The van der Waals surface area contributed by atoms with Gasteiger partial charge in [-0.25, -0.2) is 0 Å². The molecule has 0 radical (unpaired) electrons. The van der Waals surface area contributed by atoms with E-state index in [1.165, 1.54) is 5.56 Å². The third kappa shape index (κ3) is 1.97. The quantitative estimate of drug-likeness (QED) is 0.877. The minimum Gasteiger partial charge on any atom is -0.493 e. The molecule has 1 aliphatic heterocycles. The van der Waals surface area contributed by atoms with Crippen LogP contribution in [0.5, 0.6) is 5.75 Å². The van der Waals surface area contributed by atoms with Gasteiger partial charge in [0.15, 0.2) is 0 Å². The van der Waals surface area contributed by atoms with Crippen LogP contribution in [0.25, 0.3) is 0 Å². The van der Waals surface area contributed by atoms with Crippen molar-refractivity contribution in [2.75, 3.05) is 6.61 Å². The van der Waals surface area contributed by atoms with Crippen LogP contribution in [0.3, 0.4) is 0 Å². The van der Waals surface area contributed by atoms with E-state index in [4.69, 9.17) is 10.5 Å². The van der Waals surface area contributed by atoms with Gasteiger partial charge in [0.05, 0.1) is 12.6 Å². The molecular weight excluding hydrogens is 224 g/mol. The first kappa shape index (κ1) is 11.2. The number of ether oxygens (including phenoxy) is 1. The van der Waals surface area contributed by atoms with Crippen LogP contribution in [0.4, 0.5) is 0 Å². The van der Waals surface area contributed by atoms with Gasteiger partial charge in [0, 0.05) is 18.0 Å². The topological polar surface area (TPSA) is 48.1 Å². The summed E-state index contributed by atoms with van der Waals surface area (Å²) in [7, 11) is 0. The molecule has 0 aliphatic carbocycles. The van der Waals surface area contributed by atoms with Gasteiger partial charge in [-0.1, -0.05) is 24.3 Å². The van der Waals surface area contributed by atoms with Crippen LogP contribution in [-0.2, 0) is 6.42 Å². The molecule has 0 spiro atoms. The summed E-state index contributed by atoms with van der Waals surface area (Å²) in [6, 6.07) is 9.95. The molecule has 92 valence electrons. The van der Waals surface area contributed by atoms with E-state index in [1.54, 1.807) is 6.20 Å². The Bertz CT molecular complexity index is 539. The van der Waals surface area contributed by atoms with Crippen LogP contribution < -0.4 is 10.5 Å². The average Bonchev–Trinajstić information content (AvgIpc) is 2.47. The number of benzene rings is 1. The summed E-state index contributed by atoms with van der Waals surface area (Å²) < 4.78 is 5.80. The molecule has 2 N–H and O–H groups in total. The van der Waals surface area contributed by atoms with Crippen molar-refractivity contribution in [1.29, 1.82) is 0 Å². The van der Waals surface area contributed by atoms with Crippen molar-refractivity contribution in [1.82, 2.24) is 4.98 Å². The Balaban J connectivity index is 2.02. The van der Waals surface area contributed by atoms with E-state index in [-0.39, 0.29) is 6.04 Å². The van der Waals surface area contributed by atoms with Gasteiger partial charge >= 0.3 is 0 Å². The fourth-order valence-electron chi connectivity index (χ4n) is 2.40. The Morgan fingerprint density at radius 1 is 1.22 bits per heavy atom. The number of fused-ring (bicyclic) bond motifs is 1. The van der Waals surface area contributed by atoms with Crippen molar-refractivity contribution in [2.45, 2.75) is 18.9 Å². The number of aryl methyl sites for hydroxylation is 1. The van der Waals surface area contributed by atoms with Crippen LogP contribution in [-0.4, -0.2) is 11.6 Å². The first-order chi connectivity index (χ1) is 8.86. The zero-order chi connectivity index (χ0) is 12.4. The SMILES string of the molecule is NC(c1cccnc1)c1cccc2c1OCCC2. The highest BCUT2D eigenvalue weighted by Gasteiger charge is 2.19. The molecule has 0 saturated carbocycles. The molecule has 18 heavy (non-hydrogen) atoms. The third-order valence-corrected chi connectivity index (χ3v) is 3.34. The molecule has 0 amide bonds. The first-order valence-electron chi connectivity index (χ1n) is 6.26. The average molecular weight is 240 g/mol. The Morgan fingerprint density at radius 2 is 2.17 bits per heavy atom. The van der Waals surface area contributed by atoms with Gasteiger partial charge in [-0.3, -0.25) is 4.98 Å². The monoisotopic (exact) mass is 240 g/mol. The molecule has 0 fully saturated rings. The maximum Gasteiger partial charge on any atom is 0.127 e. The van der Waals surface area contributed by atoms with E-state index in [1.807, 2.05) is 24.4 Å². The lowest BCUT2D eigenvalue weighted by Crippen LogP contribution is -2.17. The largest absolute Gasteiger partial charge is 0.493 e. The Labute approximate surface area is 107 Å². The Morgan fingerprint density at radius 3 is 3.00 bits per heavy atom. The van der Waals surface area contributed by atoms with Crippen LogP contribution in [0.1, 0.15) is 29.2 Å². The third-order valence-electron chi connectivity index (χ3n) is 3.34.